The van der Waals surface area contributed by atoms with Crippen molar-refractivity contribution < 1.29 is 37.9 Å². The highest BCUT2D eigenvalue weighted by Gasteiger charge is 2.10. The molecule has 0 aromatic heterocycles. The van der Waals surface area contributed by atoms with Crippen molar-refractivity contribution in [3.05, 3.63) is 48.0 Å². The third kappa shape index (κ3) is 12.2. The van der Waals surface area contributed by atoms with E-state index in [1.54, 1.807) is 0 Å². The van der Waals surface area contributed by atoms with Gasteiger partial charge in [-0.05, 0) is 30.3 Å². The van der Waals surface area contributed by atoms with E-state index in [9.17, 15) is 0 Å². The molecule has 9 heteroatoms. The van der Waals surface area contributed by atoms with Crippen molar-refractivity contribution in [2.75, 3.05) is 79.3 Å². The standard InChI is InChI=1S/C29H40O8Si/c1-38(2,3)23-10-25-8-9-28-29(24-25)37-22-18-33-14-13-31-16-20-35-27-7-5-4-6-26(27)34-19-15-30-11-12-32-17-21-36-28/h4-9,24H,11-22H2,1-3H3. The van der Waals surface area contributed by atoms with E-state index in [2.05, 4.69) is 31.1 Å². The summed E-state index contributed by atoms with van der Waals surface area (Å²) in [5.41, 5.74) is 4.29. The van der Waals surface area contributed by atoms with Gasteiger partial charge in [-0.1, -0.05) is 37.7 Å². The van der Waals surface area contributed by atoms with Gasteiger partial charge < -0.3 is 37.9 Å². The molecule has 2 aromatic carbocycles. The van der Waals surface area contributed by atoms with Crippen LogP contribution in [-0.2, 0) is 18.9 Å². The van der Waals surface area contributed by atoms with Gasteiger partial charge in [0.25, 0.3) is 0 Å². The van der Waals surface area contributed by atoms with Crippen LogP contribution in [0.5, 0.6) is 23.0 Å². The number of rotatable bonds is 0. The molecular formula is C29H40O8Si. The Bertz CT molecular complexity index is 1010. The van der Waals surface area contributed by atoms with Gasteiger partial charge in [-0.15, -0.1) is 5.54 Å². The Morgan fingerprint density at radius 3 is 1.34 bits per heavy atom. The minimum Gasteiger partial charge on any atom is -0.487 e. The molecule has 0 aliphatic carbocycles. The second-order valence-electron chi connectivity index (χ2n) is 9.45. The Morgan fingerprint density at radius 1 is 0.500 bits per heavy atom. The van der Waals surface area contributed by atoms with Gasteiger partial charge >= 0.3 is 0 Å². The summed E-state index contributed by atoms with van der Waals surface area (Å²) in [6.07, 6.45) is 0. The minimum atomic E-state index is -1.49. The molecule has 0 spiro atoms. The minimum absolute atomic E-state index is 0.384. The molecule has 0 amide bonds. The normalized spacial score (nSPS) is 17.3. The second-order valence-corrected chi connectivity index (χ2v) is 14.2. The van der Waals surface area contributed by atoms with Crippen molar-refractivity contribution in [2.45, 2.75) is 19.6 Å². The van der Waals surface area contributed by atoms with Gasteiger partial charge in [0, 0.05) is 5.56 Å². The maximum atomic E-state index is 5.99. The highest BCUT2D eigenvalue weighted by molar-refractivity contribution is 6.83. The second kappa shape index (κ2) is 17.0. The van der Waals surface area contributed by atoms with Crippen molar-refractivity contribution in [2.24, 2.45) is 0 Å². The molecule has 0 saturated carbocycles. The molecule has 208 valence electrons. The number of fused-ring (bicyclic) bond motifs is 2. The van der Waals surface area contributed by atoms with Crippen LogP contribution in [0, 0.1) is 11.5 Å². The molecule has 0 fully saturated rings. The summed E-state index contributed by atoms with van der Waals surface area (Å²) in [7, 11) is -1.49. The lowest BCUT2D eigenvalue weighted by molar-refractivity contribution is 0.0223. The van der Waals surface area contributed by atoms with Gasteiger partial charge in [0.05, 0.1) is 52.9 Å². The predicted octanol–water partition coefficient (Wildman–Crippen LogP) is 4.21. The van der Waals surface area contributed by atoms with Crippen LogP contribution in [0.3, 0.4) is 0 Å². The molecule has 0 saturated heterocycles. The third-order valence-electron chi connectivity index (χ3n) is 5.06. The fourth-order valence-corrected chi connectivity index (χ4v) is 3.77. The molecule has 0 bridgehead atoms. The van der Waals surface area contributed by atoms with Crippen LogP contribution >= 0.6 is 0 Å². The highest BCUT2D eigenvalue weighted by Crippen LogP contribution is 2.28. The number of hydrogen-bond donors (Lipinski definition) is 0. The van der Waals surface area contributed by atoms with Crippen LogP contribution in [0.1, 0.15) is 5.56 Å². The van der Waals surface area contributed by atoms with Crippen LogP contribution in [0.25, 0.3) is 0 Å². The lowest BCUT2D eigenvalue weighted by atomic mass is 10.2. The number of benzene rings is 2. The Morgan fingerprint density at radius 2 is 0.895 bits per heavy atom. The summed E-state index contributed by atoms with van der Waals surface area (Å²) in [4.78, 5) is 0. The van der Waals surface area contributed by atoms with E-state index in [4.69, 9.17) is 37.9 Å². The van der Waals surface area contributed by atoms with Crippen molar-refractivity contribution in [3.63, 3.8) is 0 Å². The van der Waals surface area contributed by atoms with E-state index in [1.165, 1.54) is 0 Å². The van der Waals surface area contributed by atoms with Gasteiger partial charge in [0.1, 0.15) is 34.5 Å². The monoisotopic (exact) mass is 544 g/mol. The largest absolute Gasteiger partial charge is 0.487 e. The fraction of sp³-hybridized carbons (Fsp3) is 0.517. The SMILES string of the molecule is C[Si](C)(C)C#Cc1ccc2c(c1)OCCOCCOCCOc1ccccc1OCCOCCOCCO2. The van der Waals surface area contributed by atoms with E-state index in [1.807, 2.05) is 42.5 Å². The van der Waals surface area contributed by atoms with Crippen molar-refractivity contribution >= 4 is 8.07 Å². The van der Waals surface area contributed by atoms with E-state index in [0.29, 0.717) is 102 Å². The molecule has 1 aliphatic heterocycles. The summed E-state index contributed by atoms with van der Waals surface area (Å²) in [6, 6.07) is 13.3. The molecule has 0 radical (unpaired) electrons. The third-order valence-corrected chi connectivity index (χ3v) is 5.93. The fourth-order valence-electron chi connectivity index (χ4n) is 3.25. The Hall–Kier alpha value is -2.74. The van der Waals surface area contributed by atoms with E-state index >= 15 is 0 Å². The Balaban J connectivity index is 1.53. The molecular weight excluding hydrogens is 504 g/mol. The quantitative estimate of drug-likeness (QED) is 0.361. The van der Waals surface area contributed by atoms with Crippen molar-refractivity contribution in [1.82, 2.24) is 0 Å². The molecule has 0 unspecified atom stereocenters. The van der Waals surface area contributed by atoms with Crippen LogP contribution < -0.4 is 18.9 Å². The van der Waals surface area contributed by atoms with Gasteiger partial charge in [0.15, 0.2) is 23.0 Å². The molecule has 38 heavy (non-hydrogen) atoms. The van der Waals surface area contributed by atoms with Gasteiger partial charge in [-0.2, -0.15) is 0 Å². The van der Waals surface area contributed by atoms with E-state index in [0.717, 1.165) is 5.56 Å². The first-order chi connectivity index (χ1) is 18.5. The Labute approximate surface area is 227 Å². The molecule has 1 aliphatic rings. The summed E-state index contributed by atoms with van der Waals surface area (Å²) in [5.74, 6) is 5.92. The van der Waals surface area contributed by atoms with Crippen LogP contribution in [0.15, 0.2) is 42.5 Å². The van der Waals surface area contributed by atoms with Crippen molar-refractivity contribution in [1.29, 1.82) is 0 Å². The first kappa shape index (κ1) is 29.8. The number of hydrogen-bond acceptors (Lipinski definition) is 8. The summed E-state index contributed by atoms with van der Waals surface area (Å²) in [5, 5.41) is 0. The zero-order chi connectivity index (χ0) is 26.9. The first-order valence-electron chi connectivity index (χ1n) is 13.1. The topological polar surface area (TPSA) is 73.8 Å². The molecule has 8 nitrogen and oxygen atoms in total. The van der Waals surface area contributed by atoms with Gasteiger partial charge in [-0.25, -0.2) is 0 Å². The predicted molar refractivity (Wildman–Crippen MR) is 148 cm³/mol. The maximum absolute atomic E-state index is 5.99. The van der Waals surface area contributed by atoms with E-state index in [-0.39, 0.29) is 0 Å². The van der Waals surface area contributed by atoms with Crippen LogP contribution in [0.4, 0.5) is 0 Å². The molecule has 3 rings (SSSR count). The average molecular weight is 545 g/mol. The average Bonchev–Trinajstić information content (AvgIpc) is 2.90. The molecule has 0 N–H and O–H groups in total. The molecule has 1 heterocycles. The highest BCUT2D eigenvalue weighted by atomic mass is 28.3. The summed E-state index contributed by atoms with van der Waals surface area (Å²) >= 11 is 0. The Kier molecular flexibility index (Phi) is 13.3. The van der Waals surface area contributed by atoms with Crippen molar-refractivity contribution in [3.8, 4) is 34.5 Å². The zero-order valence-electron chi connectivity index (χ0n) is 22.8. The summed E-state index contributed by atoms with van der Waals surface area (Å²) in [6.45, 7) is 11.9. The molecule has 2 aromatic rings. The summed E-state index contributed by atoms with van der Waals surface area (Å²) < 4.78 is 46.1. The maximum Gasteiger partial charge on any atom is 0.162 e. The number of ether oxygens (including phenoxy) is 8. The number of para-hydroxylation sites is 2. The van der Waals surface area contributed by atoms with Gasteiger partial charge in [0.2, 0.25) is 0 Å². The van der Waals surface area contributed by atoms with Crippen LogP contribution in [-0.4, -0.2) is 87.4 Å². The first-order valence-corrected chi connectivity index (χ1v) is 16.6. The lowest BCUT2D eigenvalue weighted by Crippen LogP contribution is -2.16. The zero-order valence-corrected chi connectivity index (χ0v) is 23.8. The van der Waals surface area contributed by atoms with Gasteiger partial charge in [-0.3, -0.25) is 0 Å². The van der Waals surface area contributed by atoms with E-state index < -0.39 is 8.07 Å². The lowest BCUT2D eigenvalue weighted by Gasteiger charge is -2.15. The smallest absolute Gasteiger partial charge is 0.162 e. The van der Waals surface area contributed by atoms with Crippen LogP contribution in [0.2, 0.25) is 19.6 Å². The molecule has 0 atom stereocenters.